The SMILES string of the molecule is Oc1cc(C(F)(F)F)ccc1-c1nnc(NC2CCCC(O)C2)c2cnccc12. The van der Waals surface area contributed by atoms with E-state index in [1.807, 2.05) is 0 Å². The van der Waals surface area contributed by atoms with Gasteiger partial charge < -0.3 is 15.5 Å². The van der Waals surface area contributed by atoms with E-state index in [4.69, 9.17) is 0 Å². The van der Waals surface area contributed by atoms with Crippen molar-refractivity contribution in [2.75, 3.05) is 5.32 Å². The molecule has 1 aliphatic carbocycles. The van der Waals surface area contributed by atoms with Gasteiger partial charge in [-0.05, 0) is 49.9 Å². The maximum Gasteiger partial charge on any atom is 0.416 e. The molecule has 4 rings (SSSR count). The second-order valence-electron chi connectivity index (χ2n) is 7.21. The second kappa shape index (κ2) is 7.47. The molecule has 0 aliphatic heterocycles. The molecule has 1 aromatic carbocycles. The van der Waals surface area contributed by atoms with Crippen molar-refractivity contribution >= 4 is 16.6 Å². The summed E-state index contributed by atoms with van der Waals surface area (Å²) in [4.78, 5) is 4.12. The third kappa shape index (κ3) is 3.95. The van der Waals surface area contributed by atoms with Gasteiger partial charge in [0.15, 0.2) is 5.82 Å². The fraction of sp³-hybridized carbons (Fsp3) is 0.350. The lowest BCUT2D eigenvalue weighted by Gasteiger charge is -2.27. The summed E-state index contributed by atoms with van der Waals surface area (Å²) < 4.78 is 38.7. The van der Waals surface area contributed by atoms with Gasteiger partial charge in [-0.1, -0.05) is 0 Å². The number of aliphatic hydroxyl groups excluding tert-OH is 1. The maximum absolute atomic E-state index is 12.9. The summed E-state index contributed by atoms with van der Waals surface area (Å²) >= 11 is 0. The molecule has 1 saturated carbocycles. The van der Waals surface area contributed by atoms with Crippen LogP contribution in [-0.2, 0) is 6.18 Å². The highest BCUT2D eigenvalue weighted by atomic mass is 19.4. The van der Waals surface area contributed by atoms with Crippen molar-refractivity contribution in [1.82, 2.24) is 15.2 Å². The van der Waals surface area contributed by atoms with E-state index in [1.54, 1.807) is 18.5 Å². The number of alkyl halides is 3. The van der Waals surface area contributed by atoms with E-state index < -0.39 is 17.5 Å². The number of fused-ring (bicyclic) bond motifs is 1. The molecule has 2 unspecified atom stereocenters. The average molecular weight is 404 g/mol. The van der Waals surface area contributed by atoms with Crippen molar-refractivity contribution in [3.05, 3.63) is 42.2 Å². The molecule has 0 bridgehead atoms. The molecule has 0 radical (unpaired) electrons. The molecule has 9 heteroatoms. The molecule has 0 spiro atoms. The number of nitrogens with one attached hydrogen (secondary N) is 1. The van der Waals surface area contributed by atoms with Gasteiger partial charge in [0.1, 0.15) is 11.4 Å². The molecule has 2 atom stereocenters. The summed E-state index contributed by atoms with van der Waals surface area (Å²) in [6.45, 7) is 0. The number of hydrogen-bond acceptors (Lipinski definition) is 6. The Bertz CT molecular complexity index is 1040. The van der Waals surface area contributed by atoms with Crippen LogP contribution in [0, 0.1) is 0 Å². The van der Waals surface area contributed by atoms with Crippen LogP contribution in [0.1, 0.15) is 31.2 Å². The predicted molar refractivity (Wildman–Crippen MR) is 101 cm³/mol. The van der Waals surface area contributed by atoms with E-state index in [0.29, 0.717) is 29.1 Å². The molecular weight excluding hydrogens is 385 g/mol. The first-order chi connectivity index (χ1) is 13.8. The summed E-state index contributed by atoms with van der Waals surface area (Å²) in [6, 6.07) is 4.49. The molecule has 2 aromatic heterocycles. The molecule has 1 aliphatic rings. The zero-order valence-electron chi connectivity index (χ0n) is 15.3. The number of halogens is 3. The van der Waals surface area contributed by atoms with Crippen LogP contribution in [0.2, 0.25) is 0 Å². The lowest BCUT2D eigenvalue weighted by atomic mass is 9.93. The summed E-state index contributed by atoms with van der Waals surface area (Å²) in [7, 11) is 0. The largest absolute Gasteiger partial charge is 0.507 e. The van der Waals surface area contributed by atoms with Crippen molar-refractivity contribution in [3.8, 4) is 17.0 Å². The number of pyridine rings is 1. The van der Waals surface area contributed by atoms with Crippen LogP contribution in [0.4, 0.5) is 19.0 Å². The van der Waals surface area contributed by atoms with Crippen LogP contribution in [0.3, 0.4) is 0 Å². The van der Waals surface area contributed by atoms with Crippen molar-refractivity contribution in [3.63, 3.8) is 0 Å². The van der Waals surface area contributed by atoms with E-state index >= 15 is 0 Å². The first-order valence-electron chi connectivity index (χ1n) is 9.28. The molecule has 3 aromatic rings. The number of aliphatic hydroxyl groups is 1. The highest BCUT2D eigenvalue weighted by molar-refractivity contribution is 6.00. The van der Waals surface area contributed by atoms with Crippen LogP contribution in [-0.4, -0.2) is 37.5 Å². The van der Waals surface area contributed by atoms with E-state index in [2.05, 4.69) is 20.5 Å². The number of hydrogen-bond donors (Lipinski definition) is 3. The Morgan fingerprint density at radius 3 is 2.62 bits per heavy atom. The Labute approximate surface area is 164 Å². The van der Waals surface area contributed by atoms with E-state index in [9.17, 15) is 23.4 Å². The number of aromatic nitrogens is 3. The first-order valence-corrected chi connectivity index (χ1v) is 9.28. The topological polar surface area (TPSA) is 91.2 Å². The molecule has 29 heavy (non-hydrogen) atoms. The van der Waals surface area contributed by atoms with Gasteiger partial charge in [-0.3, -0.25) is 4.98 Å². The lowest BCUT2D eigenvalue weighted by Crippen LogP contribution is -2.30. The summed E-state index contributed by atoms with van der Waals surface area (Å²) in [5, 5.41) is 33.0. The minimum atomic E-state index is -4.55. The zero-order valence-corrected chi connectivity index (χ0v) is 15.3. The van der Waals surface area contributed by atoms with Gasteiger partial charge in [-0.25, -0.2) is 0 Å². The molecule has 2 heterocycles. The average Bonchev–Trinajstić information content (AvgIpc) is 2.68. The van der Waals surface area contributed by atoms with Crippen LogP contribution < -0.4 is 5.32 Å². The number of anilines is 1. The van der Waals surface area contributed by atoms with Crippen LogP contribution in [0.15, 0.2) is 36.7 Å². The maximum atomic E-state index is 12.9. The smallest absolute Gasteiger partial charge is 0.416 e. The van der Waals surface area contributed by atoms with Crippen LogP contribution >= 0.6 is 0 Å². The molecule has 3 N–H and O–H groups in total. The lowest BCUT2D eigenvalue weighted by molar-refractivity contribution is -0.137. The molecule has 1 fully saturated rings. The van der Waals surface area contributed by atoms with Gasteiger partial charge in [-0.2, -0.15) is 13.2 Å². The summed E-state index contributed by atoms with van der Waals surface area (Å²) in [5.41, 5.74) is -0.518. The molecule has 0 saturated heterocycles. The highest BCUT2D eigenvalue weighted by Crippen LogP contribution is 2.38. The minimum Gasteiger partial charge on any atom is -0.507 e. The quantitative estimate of drug-likeness (QED) is 0.608. The second-order valence-corrected chi connectivity index (χ2v) is 7.21. The van der Waals surface area contributed by atoms with Gasteiger partial charge in [0, 0.05) is 34.8 Å². The first kappa shape index (κ1) is 19.4. The van der Waals surface area contributed by atoms with Gasteiger partial charge in [0.05, 0.1) is 11.7 Å². The van der Waals surface area contributed by atoms with Crippen molar-refractivity contribution in [2.24, 2.45) is 0 Å². The standard InChI is InChI=1S/C20H19F3N4O2/c21-20(22,23)11-4-5-15(17(29)8-11)18-14-6-7-24-10-16(14)19(27-26-18)25-12-2-1-3-13(28)9-12/h4-8,10,12-13,28-29H,1-3,9H2,(H,25,27). The monoisotopic (exact) mass is 404 g/mol. The molecule has 6 nitrogen and oxygen atoms in total. The number of benzene rings is 1. The predicted octanol–water partition coefficient (Wildman–Crippen LogP) is 4.13. The summed E-state index contributed by atoms with van der Waals surface area (Å²) in [6.07, 6.45) is 1.40. The Morgan fingerprint density at radius 1 is 1.07 bits per heavy atom. The van der Waals surface area contributed by atoms with Gasteiger partial charge in [0.2, 0.25) is 0 Å². The number of aromatic hydroxyl groups is 1. The van der Waals surface area contributed by atoms with Gasteiger partial charge in [-0.15, -0.1) is 10.2 Å². The number of phenolic OH excluding ortho intramolecular Hbond substituents is 1. The van der Waals surface area contributed by atoms with Crippen LogP contribution in [0.25, 0.3) is 22.0 Å². The Morgan fingerprint density at radius 2 is 1.90 bits per heavy atom. The van der Waals surface area contributed by atoms with E-state index in [-0.39, 0.29) is 23.4 Å². The molecule has 152 valence electrons. The summed E-state index contributed by atoms with van der Waals surface area (Å²) in [5.74, 6) is -0.0364. The fourth-order valence-corrected chi connectivity index (χ4v) is 3.70. The third-order valence-corrected chi connectivity index (χ3v) is 5.15. The van der Waals surface area contributed by atoms with Crippen molar-refractivity contribution in [2.45, 2.75) is 44.0 Å². The number of rotatable bonds is 3. The zero-order chi connectivity index (χ0) is 20.6. The Kier molecular flexibility index (Phi) is 4.99. The van der Waals surface area contributed by atoms with Crippen molar-refractivity contribution < 1.29 is 23.4 Å². The van der Waals surface area contributed by atoms with E-state index in [0.717, 1.165) is 25.3 Å². The molecular formula is C20H19F3N4O2. The normalized spacial score (nSPS) is 20.0. The third-order valence-electron chi connectivity index (χ3n) is 5.15. The van der Waals surface area contributed by atoms with Gasteiger partial charge >= 0.3 is 6.18 Å². The van der Waals surface area contributed by atoms with Gasteiger partial charge in [0.25, 0.3) is 0 Å². The van der Waals surface area contributed by atoms with Crippen LogP contribution in [0.5, 0.6) is 5.75 Å². The number of nitrogens with zero attached hydrogens (tertiary/aromatic N) is 3. The highest BCUT2D eigenvalue weighted by Gasteiger charge is 2.31. The number of phenols is 1. The fourth-order valence-electron chi connectivity index (χ4n) is 3.70. The molecule has 0 amide bonds. The Hall–Kier alpha value is -2.94. The Balaban J connectivity index is 1.74. The van der Waals surface area contributed by atoms with Crippen molar-refractivity contribution in [1.29, 1.82) is 0 Å². The minimum absolute atomic E-state index is 0.0433. The van der Waals surface area contributed by atoms with E-state index in [1.165, 1.54) is 6.07 Å².